The van der Waals surface area contributed by atoms with Gasteiger partial charge >= 0.3 is 0 Å². The minimum absolute atomic E-state index is 0.0199. The molecule has 0 atom stereocenters. The summed E-state index contributed by atoms with van der Waals surface area (Å²) in [6.45, 7) is 0.713. The Morgan fingerprint density at radius 3 is 2.52 bits per heavy atom. The standard InChI is InChI=1S/C21H21NO2S/c1-22(2)14-17-5-3-4-6-18(17)20(24)9-8-19(23)15-7-10-21-16(13-15)11-12-25-21/h3-7,10-13H,8-9,14H2,1-2H3. The number of nitrogens with zero attached hydrogens (tertiary/aromatic N) is 1. The van der Waals surface area contributed by atoms with Crippen molar-refractivity contribution in [2.45, 2.75) is 19.4 Å². The Balaban J connectivity index is 1.68. The van der Waals surface area contributed by atoms with E-state index in [9.17, 15) is 9.59 Å². The molecule has 0 aliphatic carbocycles. The molecule has 3 nitrogen and oxygen atoms in total. The zero-order valence-electron chi connectivity index (χ0n) is 14.5. The molecule has 0 aliphatic heterocycles. The van der Waals surface area contributed by atoms with Crippen LogP contribution in [0, 0.1) is 0 Å². The third-order valence-corrected chi connectivity index (χ3v) is 5.06. The van der Waals surface area contributed by atoms with Gasteiger partial charge < -0.3 is 4.90 Å². The van der Waals surface area contributed by atoms with E-state index in [1.54, 1.807) is 11.3 Å². The van der Waals surface area contributed by atoms with Crippen LogP contribution in [0.5, 0.6) is 0 Å². The molecule has 4 heteroatoms. The number of carbonyl (C=O) groups excluding carboxylic acids is 2. The highest BCUT2D eigenvalue weighted by Gasteiger charge is 2.14. The Hall–Kier alpha value is -2.30. The van der Waals surface area contributed by atoms with Gasteiger partial charge in [0, 0.05) is 35.2 Å². The van der Waals surface area contributed by atoms with Gasteiger partial charge in [0.15, 0.2) is 11.6 Å². The SMILES string of the molecule is CN(C)Cc1ccccc1C(=O)CCC(=O)c1ccc2sccc2c1. The molecule has 3 aromatic rings. The lowest BCUT2D eigenvalue weighted by molar-refractivity contribution is 0.0916. The molecule has 0 amide bonds. The van der Waals surface area contributed by atoms with Crippen molar-refractivity contribution in [1.29, 1.82) is 0 Å². The molecular formula is C21H21NO2S. The van der Waals surface area contributed by atoms with E-state index in [-0.39, 0.29) is 24.4 Å². The van der Waals surface area contributed by atoms with Crippen molar-refractivity contribution in [3.8, 4) is 0 Å². The summed E-state index contributed by atoms with van der Waals surface area (Å²) in [5.41, 5.74) is 2.40. The molecule has 128 valence electrons. The third kappa shape index (κ3) is 4.21. The van der Waals surface area contributed by atoms with Crippen molar-refractivity contribution < 1.29 is 9.59 Å². The molecule has 0 spiro atoms. The zero-order chi connectivity index (χ0) is 17.8. The molecule has 1 aromatic heterocycles. The van der Waals surface area contributed by atoms with E-state index < -0.39 is 0 Å². The molecule has 25 heavy (non-hydrogen) atoms. The van der Waals surface area contributed by atoms with Gasteiger partial charge in [-0.25, -0.2) is 0 Å². The van der Waals surface area contributed by atoms with Crippen LogP contribution >= 0.6 is 11.3 Å². The molecule has 0 bridgehead atoms. The molecule has 0 saturated heterocycles. The maximum absolute atomic E-state index is 12.6. The summed E-state index contributed by atoms with van der Waals surface area (Å²) in [7, 11) is 3.96. The molecule has 0 fully saturated rings. The predicted molar refractivity (Wildman–Crippen MR) is 104 cm³/mol. The van der Waals surface area contributed by atoms with Crippen LogP contribution in [-0.2, 0) is 6.54 Å². The number of ketones is 2. The van der Waals surface area contributed by atoms with Gasteiger partial charge in [0.05, 0.1) is 0 Å². The third-order valence-electron chi connectivity index (χ3n) is 4.16. The number of fused-ring (bicyclic) bond motifs is 1. The molecule has 0 radical (unpaired) electrons. The van der Waals surface area contributed by atoms with Crippen molar-refractivity contribution >= 4 is 33.0 Å². The molecule has 2 aromatic carbocycles. The van der Waals surface area contributed by atoms with Crippen LogP contribution in [0.4, 0.5) is 0 Å². The second-order valence-electron chi connectivity index (χ2n) is 6.41. The summed E-state index contributed by atoms with van der Waals surface area (Å²) >= 11 is 1.66. The number of benzene rings is 2. The number of Topliss-reactive ketones (excluding diaryl/α,β-unsaturated/α-hetero) is 2. The van der Waals surface area contributed by atoms with E-state index in [1.807, 2.05) is 72.9 Å². The van der Waals surface area contributed by atoms with E-state index in [0.29, 0.717) is 12.1 Å². The summed E-state index contributed by atoms with van der Waals surface area (Å²) < 4.78 is 1.17. The minimum atomic E-state index is 0.0199. The fourth-order valence-electron chi connectivity index (χ4n) is 2.92. The summed E-state index contributed by atoms with van der Waals surface area (Å²) in [5.74, 6) is 0.0500. The Bertz CT molecular complexity index is 911. The van der Waals surface area contributed by atoms with Gasteiger partial charge in [0.2, 0.25) is 0 Å². The summed E-state index contributed by atoms with van der Waals surface area (Å²) in [4.78, 5) is 27.1. The molecule has 3 rings (SSSR count). The van der Waals surface area contributed by atoms with E-state index in [0.717, 1.165) is 16.5 Å². The van der Waals surface area contributed by atoms with Gasteiger partial charge in [0.25, 0.3) is 0 Å². The smallest absolute Gasteiger partial charge is 0.163 e. The number of thiophene rings is 1. The Kier molecular flexibility index (Phi) is 5.41. The predicted octanol–water partition coefficient (Wildman–Crippen LogP) is 4.81. The maximum atomic E-state index is 12.6. The molecule has 0 saturated carbocycles. The van der Waals surface area contributed by atoms with Crippen LogP contribution in [-0.4, -0.2) is 30.6 Å². The second-order valence-corrected chi connectivity index (χ2v) is 7.36. The molecule has 0 aliphatic rings. The van der Waals surface area contributed by atoms with Gasteiger partial charge in [0.1, 0.15) is 0 Å². The van der Waals surface area contributed by atoms with E-state index in [2.05, 4.69) is 0 Å². The number of hydrogen-bond acceptors (Lipinski definition) is 4. The number of carbonyl (C=O) groups is 2. The number of hydrogen-bond donors (Lipinski definition) is 0. The lowest BCUT2D eigenvalue weighted by Gasteiger charge is -2.13. The minimum Gasteiger partial charge on any atom is -0.305 e. The van der Waals surface area contributed by atoms with Gasteiger partial charge in [-0.05, 0) is 54.7 Å². The van der Waals surface area contributed by atoms with Crippen LogP contribution in [0.25, 0.3) is 10.1 Å². The monoisotopic (exact) mass is 351 g/mol. The highest BCUT2D eigenvalue weighted by Crippen LogP contribution is 2.23. The first-order chi connectivity index (χ1) is 12.0. The number of rotatable bonds is 7. The fraction of sp³-hybridized carbons (Fsp3) is 0.238. The Labute approximate surface area is 151 Å². The van der Waals surface area contributed by atoms with E-state index in [1.165, 1.54) is 4.70 Å². The first kappa shape index (κ1) is 17.5. The van der Waals surface area contributed by atoms with Crippen molar-refractivity contribution in [1.82, 2.24) is 4.90 Å². The first-order valence-electron chi connectivity index (χ1n) is 8.31. The van der Waals surface area contributed by atoms with Crippen molar-refractivity contribution in [3.05, 3.63) is 70.6 Å². The zero-order valence-corrected chi connectivity index (χ0v) is 15.3. The topological polar surface area (TPSA) is 37.4 Å². The maximum Gasteiger partial charge on any atom is 0.163 e. The van der Waals surface area contributed by atoms with E-state index >= 15 is 0 Å². The van der Waals surface area contributed by atoms with Crippen LogP contribution in [0.1, 0.15) is 39.1 Å². The Morgan fingerprint density at radius 1 is 0.960 bits per heavy atom. The van der Waals surface area contributed by atoms with Crippen molar-refractivity contribution in [3.63, 3.8) is 0 Å². The van der Waals surface area contributed by atoms with Crippen molar-refractivity contribution in [2.75, 3.05) is 14.1 Å². The first-order valence-corrected chi connectivity index (χ1v) is 9.19. The highest BCUT2D eigenvalue weighted by atomic mass is 32.1. The average molecular weight is 351 g/mol. The summed E-state index contributed by atoms with van der Waals surface area (Å²) in [6.07, 6.45) is 0.482. The quantitative estimate of drug-likeness (QED) is 0.573. The molecule has 0 N–H and O–H groups in total. The molecule has 1 heterocycles. The molecule has 0 unspecified atom stereocenters. The van der Waals surface area contributed by atoms with Crippen LogP contribution < -0.4 is 0 Å². The normalized spacial score (nSPS) is 11.2. The lowest BCUT2D eigenvalue weighted by Crippen LogP contribution is -2.14. The summed E-state index contributed by atoms with van der Waals surface area (Å²) in [6, 6.07) is 15.4. The van der Waals surface area contributed by atoms with Gasteiger partial charge in [-0.15, -0.1) is 11.3 Å². The van der Waals surface area contributed by atoms with Gasteiger partial charge in [-0.1, -0.05) is 24.3 Å². The van der Waals surface area contributed by atoms with Crippen molar-refractivity contribution in [2.24, 2.45) is 0 Å². The van der Waals surface area contributed by atoms with Crippen LogP contribution in [0.2, 0.25) is 0 Å². The lowest BCUT2D eigenvalue weighted by atomic mass is 9.97. The van der Waals surface area contributed by atoms with Crippen LogP contribution in [0.3, 0.4) is 0 Å². The van der Waals surface area contributed by atoms with Gasteiger partial charge in [-0.2, -0.15) is 0 Å². The Morgan fingerprint density at radius 2 is 1.72 bits per heavy atom. The fourth-order valence-corrected chi connectivity index (χ4v) is 3.69. The molecular weight excluding hydrogens is 330 g/mol. The largest absolute Gasteiger partial charge is 0.305 e. The van der Waals surface area contributed by atoms with Crippen LogP contribution in [0.15, 0.2) is 53.9 Å². The summed E-state index contributed by atoms with van der Waals surface area (Å²) in [5, 5.41) is 3.10. The van der Waals surface area contributed by atoms with Gasteiger partial charge in [-0.3, -0.25) is 9.59 Å². The van der Waals surface area contributed by atoms with E-state index in [4.69, 9.17) is 0 Å². The highest BCUT2D eigenvalue weighted by molar-refractivity contribution is 7.17. The average Bonchev–Trinajstić information content (AvgIpc) is 3.07. The second kappa shape index (κ2) is 7.72.